The molecule has 2 aromatic carbocycles. The summed E-state index contributed by atoms with van der Waals surface area (Å²) in [5.41, 5.74) is 4.31. The Morgan fingerprint density at radius 3 is 2.26 bits per heavy atom. The van der Waals surface area contributed by atoms with Gasteiger partial charge in [-0.1, -0.05) is 50.6 Å². The van der Waals surface area contributed by atoms with Crippen molar-refractivity contribution < 1.29 is 24.2 Å². The predicted octanol–water partition coefficient (Wildman–Crippen LogP) is 5.58. The molecule has 4 amide bonds. The van der Waals surface area contributed by atoms with Gasteiger partial charge in [0.1, 0.15) is 5.75 Å². The Labute approximate surface area is 280 Å². The number of aromatic hydroxyl groups is 1. The highest BCUT2D eigenvalue weighted by Crippen LogP contribution is 2.28. The molecule has 1 saturated carbocycles. The lowest BCUT2D eigenvalue weighted by molar-refractivity contribution is -0.142. The quantitative estimate of drug-likeness (QED) is 0.407. The van der Waals surface area contributed by atoms with E-state index in [-0.39, 0.29) is 37.6 Å². The molecule has 0 spiro atoms. The zero-order chi connectivity index (χ0) is 32.2. The standard InChI is InChI=1S/C36H49N5O5.CH4/c1-25-21-28(22-26(2)33(25)42)23-32(34(43)39-19-17-38(18-20-39)24-27-7-3-4-8-27)46-36(45)40-14-12-30(13-15-40)41-16-11-29-9-5-6-10-31(29)37-35(41)44;/h5-6,9-10,21-22,27,30,32,42H,3-4,7-8,11-20,23-24H2,1-2H3,(H,37,44);1H4/t32-;/m1./s1. The SMILES string of the molecule is C.Cc1cc(C[C@@H](OC(=O)N2CCC(N3CCc4ccccc4NC3=O)CC2)C(=O)N2CCN(CC3CCCC3)CC2)cc(C)c1O. The van der Waals surface area contributed by atoms with Gasteiger partial charge in [0.05, 0.1) is 0 Å². The number of phenols is 1. The van der Waals surface area contributed by atoms with E-state index in [2.05, 4.69) is 10.2 Å². The number of phenolic OH excluding ortho intramolecular Hbond substituents is 1. The van der Waals surface area contributed by atoms with Crippen LogP contribution in [0.3, 0.4) is 0 Å². The highest BCUT2D eigenvalue weighted by molar-refractivity contribution is 5.91. The molecule has 2 aromatic rings. The van der Waals surface area contributed by atoms with E-state index in [0.29, 0.717) is 45.6 Å². The van der Waals surface area contributed by atoms with Crippen LogP contribution in [0.1, 0.15) is 68.2 Å². The maximum Gasteiger partial charge on any atom is 0.410 e. The van der Waals surface area contributed by atoms with Gasteiger partial charge in [0.15, 0.2) is 6.10 Å². The van der Waals surface area contributed by atoms with Crippen molar-refractivity contribution in [1.82, 2.24) is 19.6 Å². The molecule has 3 aliphatic heterocycles. The maximum atomic E-state index is 13.9. The molecule has 1 aliphatic carbocycles. The molecular formula is C37H53N5O5. The largest absolute Gasteiger partial charge is 0.507 e. The molecule has 47 heavy (non-hydrogen) atoms. The summed E-state index contributed by atoms with van der Waals surface area (Å²) in [5, 5.41) is 13.4. The van der Waals surface area contributed by atoms with Gasteiger partial charge in [0, 0.05) is 70.5 Å². The first-order valence-electron chi connectivity index (χ1n) is 17.2. The number of nitrogens with one attached hydrogen (secondary N) is 1. The van der Waals surface area contributed by atoms with E-state index in [0.717, 1.165) is 59.9 Å². The molecule has 4 aliphatic rings. The van der Waals surface area contributed by atoms with Crippen LogP contribution in [0.25, 0.3) is 0 Å². The van der Waals surface area contributed by atoms with E-state index >= 15 is 0 Å². The van der Waals surface area contributed by atoms with E-state index < -0.39 is 12.2 Å². The third kappa shape index (κ3) is 8.20. The number of fused-ring (bicyclic) bond motifs is 1. The van der Waals surface area contributed by atoms with Gasteiger partial charge in [-0.25, -0.2) is 9.59 Å². The number of likely N-dealkylation sites (tertiary alicyclic amines) is 1. The van der Waals surface area contributed by atoms with Crippen molar-refractivity contribution in [2.45, 2.75) is 84.8 Å². The fourth-order valence-corrected chi connectivity index (χ4v) is 7.76. The number of carbonyl (C=O) groups excluding carboxylic acids is 3. The minimum Gasteiger partial charge on any atom is -0.507 e. The molecular weight excluding hydrogens is 594 g/mol. The Hall–Kier alpha value is -3.79. The van der Waals surface area contributed by atoms with E-state index in [1.165, 1.54) is 25.7 Å². The van der Waals surface area contributed by atoms with Crippen molar-refractivity contribution in [2.75, 3.05) is 57.7 Å². The molecule has 0 aromatic heterocycles. The lowest BCUT2D eigenvalue weighted by Crippen LogP contribution is -2.54. The van der Waals surface area contributed by atoms with Crippen LogP contribution in [0.5, 0.6) is 5.75 Å². The highest BCUT2D eigenvalue weighted by Gasteiger charge is 2.35. The number of para-hydroxylation sites is 1. The number of anilines is 1. The van der Waals surface area contributed by atoms with E-state index in [1.807, 2.05) is 60.0 Å². The number of rotatable bonds is 7. The Bertz CT molecular complexity index is 1390. The number of urea groups is 1. The Morgan fingerprint density at radius 2 is 1.57 bits per heavy atom. The third-order valence-electron chi connectivity index (χ3n) is 10.5. The van der Waals surface area contributed by atoms with Crippen molar-refractivity contribution in [3.63, 3.8) is 0 Å². The lowest BCUT2D eigenvalue weighted by atomic mass is 10.0. The van der Waals surface area contributed by atoms with Crippen LogP contribution in [0.15, 0.2) is 36.4 Å². The van der Waals surface area contributed by atoms with Crippen LogP contribution >= 0.6 is 0 Å². The van der Waals surface area contributed by atoms with Crippen molar-refractivity contribution in [2.24, 2.45) is 5.92 Å². The molecule has 2 saturated heterocycles. The number of carbonyl (C=O) groups is 3. The first-order valence-corrected chi connectivity index (χ1v) is 17.2. The van der Waals surface area contributed by atoms with Crippen LogP contribution in [-0.4, -0.2) is 107 Å². The molecule has 1 atom stereocenters. The second-order valence-electron chi connectivity index (χ2n) is 13.7. The zero-order valence-electron chi connectivity index (χ0n) is 27.4. The van der Waals surface area contributed by atoms with Crippen LogP contribution < -0.4 is 5.32 Å². The van der Waals surface area contributed by atoms with E-state index in [1.54, 1.807) is 4.90 Å². The summed E-state index contributed by atoms with van der Waals surface area (Å²) in [6.45, 7) is 9.25. The molecule has 256 valence electrons. The molecule has 10 heteroatoms. The second-order valence-corrected chi connectivity index (χ2v) is 13.7. The van der Waals surface area contributed by atoms with E-state index in [9.17, 15) is 19.5 Å². The zero-order valence-corrected chi connectivity index (χ0v) is 27.4. The average Bonchev–Trinajstić information content (AvgIpc) is 3.51. The fourth-order valence-electron chi connectivity index (χ4n) is 7.76. The number of hydrogen-bond acceptors (Lipinski definition) is 6. The van der Waals surface area contributed by atoms with Gasteiger partial charge in [-0.2, -0.15) is 0 Å². The molecule has 10 nitrogen and oxygen atoms in total. The summed E-state index contributed by atoms with van der Waals surface area (Å²) in [4.78, 5) is 48.5. The minimum absolute atomic E-state index is 0. The Morgan fingerprint density at radius 1 is 0.915 bits per heavy atom. The number of benzene rings is 2. The summed E-state index contributed by atoms with van der Waals surface area (Å²) in [6.07, 6.45) is 6.15. The minimum atomic E-state index is -0.954. The molecule has 6 rings (SSSR count). The summed E-state index contributed by atoms with van der Waals surface area (Å²) < 4.78 is 6.04. The van der Waals surface area contributed by atoms with Crippen LogP contribution in [0.2, 0.25) is 0 Å². The van der Waals surface area contributed by atoms with Gasteiger partial charge in [-0.3, -0.25) is 9.69 Å². The normalized spacial score (nSPS) is 20.2. The molecule has 0 bridgehead atoms. The van der Waals surface area contributed by atoms with Gasteiger partial charge < -0.3 is 29.9 Å². The van der Waals surface area contributed by atoms with E-state index in [4.69, 9.17) is 4.74 Å². The van der Waals surface area contributed by atoms with Gasteiger partial charge >= 0.3 is 12.1 Å². The average molecular weight is 648 g/mol. The predicted molar refractivity (Wildman–Crippen MR) is 184 cm³/mol. The smallest absolute Gasteiger partial charge is 0.410 e. The lowest BCUT2D eigenvalue weighted by Gasteiger charge is -2.39. The van der Waals surface area contributed by atoms with Gasteiger partial charge in [0.25, 0.3) is 5.91 Å². The first-order chi connectivity index (χ1) is 22.2. The third-order valence-corrected chi connectivity index (χ3v) is 10.5. The Balaban J connectivity index is 0.00000433. The van der Waals surface area contributed by atoms with Gasteiger partial charge in [0.2, 0.25) is 0 Å². The first kappa shape index (κ1) is 34.5. The van der Waals surface area contributed by atoms with Crippen LogP contribution in [0.4, 0.5) is 15.3 Å². The topological polar surface area (TPSA) is 106 Å². The van der Waals surface area contributed by atoms with Crippen molar-refractivity contribution in [3.05, 3.63) is 58.7 Å². The monoisotopic (exact) mass is 647 g/mol. The molecule has 3 fully saturated rings. The fraction of sp³-hybridized carbons (Fsp3) is 0.595. The number of hydrogen-bond donors (Lipinski definition) is 2. The molecule has 3 heterocycles. The van der Waals surface area contributed by atoms with Crippen molar-refractivity contribution >= 4 is 23.7 Å². The number of amides is 4. The number of piperidine rings is 1. The number of ether oxygens (including phenoxy) is 1. The maximum absolute atomic E-state index is 13.9. The van der Waals surface area contributed by atoms with Crippen LogP contribution in [-0.2, 0) is 22.4 Å². The highest BCUT2D eigenvalue weighted by atomic mass is 16.6. The van der Waals surface area contributed by atoms with Gasteiger partial charge in [-0.05, 0) is 80.2 Å². The summed E-state index contributed by atoms with van der Waals surface area (Å²) in [7, 11) is 0. The number of nitrogens with zero attached hydrogens (tertiary/aromatic N) is 4. The summed E-state index contributed by atoms with van der Waals surface area (Å²) in [6, 6.07) is 11.6. The second kappa shape index (κ2) is 15.4. The molecule has 0 radical (unpaired) electrons. The number of aryl methyl sites for hydroxylation is 2. The van der Waals surface area contributed by atoms with Crippen molar-refractivity contribution in [3.8, 4) is 5.75 Å². The molecule has 0 unspecified atom stereocenters. The summed E-state index contributed by atoms with van der Waals surface area (Å²) in [5.74, 6) is 0.853. The van der Waals surface area contributed by atoms with Crippen LogP contribution in [0, 0.1) is 19.8 Å². The molecule has 2 N–H and O–H groups in total. The Kier molecular flexibility index (Phi) is 11.3. The van der Waals surface area contributed by atoms with Crippen molar-refractivity contribution in [1.29, 1.82) is 0 Å². The number of piperazine rings is 1. The summed E-state index contributed by atoms with van der Waals surface area (Å²) >= 11 is 0. The van der Waals surface area contributed by atoms with Gasteiger partial charge in [-0.15, -0.1) is 0 Å².